The molecule has 0 saturated carbocycles. The van der Waals surface area contributed by atoms with Gasteiger partial charge in [-0.1, -0.05) is 18.2 Å². The molecule has 8 nitrogen and oxygen atoms in total. The van der Waals surface area contributed by atoms with Gasteiger partial charge in [-0.3, -0.25) is 9.59 Å². The molecular formula is C26H26FN3O5. The summed E-state index contributed by atoms with van der Waals surface area (Å²) < 4.78 is 30.7. The van der Waals surface area contributed by atoms with Gasteiger partial charge in [0.15, 0.2) is 11.5 Å². The predicted molar refractivity (Wildman–Crippen MR) is 126 cm³/mol. The van der Waals surface area contributed by atoms with Gasteiger partial charge in [0.25, 0.3) is 5.91 Å². The fourth-order valence-electron chi connectivity index (χ4n) is 3.57. The van der Waals surface area contributed by atoms with Crippen LogP contribution in [-0.4, -0.2) is 66.5 Å². The van der Waals surface area contributed by atoms with Crippen LogP contribution in [0.5, 0.6) is 23.1 Å². The Balaban J connectivity index is 1.49. The molecule has 1 aliphatic rings. The summed E-state index contributed by atoms with van der Waals surface area (Å²) in [5, 5.41) is 0. The second-order valence-corrected chi connectivity index (χ2v) is 7.92. The van der Waals surface area contributed by atoms with Crippen molar-refractivity contribution in [2.75, 3.05) is 39.9 Å². The zero-order chi connectivity index (χ0) is 24.6. The predicted octanol–water partition coefficient (Wildman–Crippen LogP) is 3.78. The van der Waals surface area contributed by atoms with Crippen LogP contribution in [0.15, 0.2) is 66.9 Å². The van der Waals surface area contributed by atoms with Crippen LogP contribution in [0, 0.1) is 5.82 Å². The molecule has 0 atom stereocenters. The molecule has 0 saturated heterocycles. The van der Waals surface area contributed by atoms with Crippen molar-refractivity contribution >= 4 is 11.8 Å². The number of fused-ring (bicyclic) bond motifs is 2. The molecule has 0 bridgehead atoms. The minimum absolute atomic E-state index is 0.0978. The molecule has 0 fully saturated rings. The van der Waals surface area contributed by atoms with Gasteiger partial charge >= 0.3 is 0 Å². The van der Waals surface area contributed by atoms with E-state index >= 15 is 0 Å². The number of pyridine rings is 1. The Morgan fingerprint density at radius 3 is 2.71 bits per heavy atom. The fraction of sp³-hybridized carbons (Fsp3) is 0.269. The van der Waals surface area contributed by atoms with E-state index in [0.29, 0.717) is 42.4 Å². The molecule has 0 N–H and O–H groups in total. The molecule has 1 aromatic heterocycles. The maximum atomic E-state index is 13.3. The molecule has 182 valence electrons. The van der Waals surface area contributed by atoms with Gasteiger partial charge in [-0.2, -0.15) is 0 Å². The quantitative estimate of drug-likeness (QED) is 0.567. The number of aromatic nitrogens is 1. The average molecular weight is 480 g/mol. The maximum Gasteiger partial charge on any atom is 0.259 e. The first-order valence-electron chi connectivity index (χ1n) is 11.3. The summed E-state index contributed by atoms with van der Waals surface area (Å²) in [6, 6.07) is 16.2. The van der Waals surface area contributed by atoms with Gasteiger partial charge in [-0.05, 0) is 36.4 Å². The van der Waals surface area contributed by atoms with Gasteiger partial charge in [0.2, 0.25) is 11.8 Å². The van der Waals surface area contributed by atoms with E-state index in [1.54, 1.807) is 60.6 Å². The number of para-hydroxylation sites is 2. The molecule has 9 heteroatoms. The molecule has 2 amide bonds. The molecule has 0 unspecified atom stereocenters. The minimum Gasteiger partial charge on any atom is -0.493 e. The highest BCUT2D eigenvalue weighted by atomic mass is 19.1. The number of nitrogens with zero attached hydrogens (tertiary/aromatic N) is 3. The Labute approximate surface area is 202 Å². The summed E-state index contributed by atoms with van der Waals surface area (Å²) in [5.41, 5.74) is 0.311. The van der Waals surface area contributed by atoms with Crippen LogP contribution in [0.2, 0.25) is 0 Å². The Hall–Kier alpha value is -4.14. The Morgan fingerprint density at radius 2 is 1.89 bits per heavy atom. The summed E-state index contributed by atoms with van der Waals surface area (Å²) in [7, 11) is 1.67. The number of hydrogen-bond acceptors (Lipinski definition) is 6. The van der Waals surface area contributed by atoms with Gasteiger partial charge in [0.1, 0.15) is 23.7 Å². The van der Waals surface area contributed by atoms with Crippen LogP contribution in [0.4, 0.5) is 4.39 Å². The van der Waals surface area contributed by atoms with Crippen molar-refractivity contribution in [2.24, 2.45) is 0 Å². The molecule has 4 rings (SSSR count). The highest BCUT2D eigenvalue weighted by Gasteiger charge is 2.22. The molecule has 0 radical (unpaired) electrons. The van der Waals surface area contributed by atoms with Gasteiger partial charge in [-0.25, -0.2) is 9.37 Å². The third-order valence-electron chi connectivity index (χ3n) is 5.46. The van der Waals surface area contributed by atoms with E-state index in [4.69, 9.17) is 14.2 Å². The van der Waals surface area contributed by atoms with E-state index in [1.165, 1.54) is 17.0 Å². The molecule has 0 spiro atoms. The van der Waals surface area contributed by atoms with E-state index in [9.17, 15) is 14.0 Å². The lowest BCUT2D eigenvalue weighted by Crippen LogP contribution is -2.41. The molecule has 2 aromatic carbocycles. The fourth-order valence-corrected chi connectivity index (χ4v) is 3.57. The minimum atomic E-state index is -0.404. The summed E-state index contributed by atoms with van der Waals surface area (Å²) in [5.74, 6) is 0.607. The van der Waals surface area contributed by atoms with Crippen molar-refractivity contribution in [3.8, 4) is 23.1 Å². The number of amides is 2. The SMILES string of the molecule is CN1CCN(C(=O)CCOc2cccc(F)c2)CCOc2ccccc2Oc2ncccc2C1=O. The standard InChI is InChI=1S/C26H26FN3O5/c1-29-13-14-30(24(31)11-16-33-20-7-4-6-19(27)18-20)15-17-34-22-9-2-3-10-23(22)35-25-21(26(29)32)8-5-12-28-25/h2-10,12,18H,11,13-17H2,1H3. The number of carbonyl (C=O) groups excluding carboxylic acids is 2. The normalized spacial score (nSPS) is 14.3. The number of likely N-dealkylation sites (N-methyl/N-ethyl adjacent to an activating group) is 1. The summed E-state index contributed by atoms with van der Waals surface area (Å²) >= 11 is 0. The van der Waals surface area contributed by atoms with E-state index < -0.39 is 5.82 Å². The maximum absolute atomic E-state index is 13.3. The number of ether oxygens (including phenoxy) is 3. The number of rotatable bonds is 4. The van der Waals surface area contributed by atoms with Crippen molar-refractivity contribution in [1.29, 1.82) is 0 Å². The molecule has 2 heterocycles. The Morgan fingerprint density at radius 1 is 1.06 bits per heavy atom. The van der Waals surface area contributed by atoms with Crippen LogP contribution in [0.1, 0.15) is 16.8 Å². The van der Waals surface area contributed by atoms with Crippen molar-refractivity contribution < 1.29 is 28.2 Å². The van der Waals surface area contributed by atoms with Gasteiger partial charge in [0, 0.05) is 32.4 Å². The second-order valence-electron chi connectivity index (χ2n) is 7.92. The van der Waals surface area contributed by atoms with Gasteiger partial charge in [-0.15, -0.1) is 0 Å². The zero-order valence-electron chi connectivity index (χ0n) is 19.4. The van der Waals surface area contributed by atoms with Crippen LogP contribution >= 0.6 is 0 Å². The van der Waals surface area contributed by atoms with Crippen molar-refractivity contribution in [2.45, 2.75) is 6.42 Å². The van der Waals surface area contributed by atoms with Crippen molar-refractivity contribution in [3.05, 3.63) is 78.2 Å². The first-order chi connectivity index (χ1) is 17.0. The highest BCUT2D eigenvalue weighted by Crippen LogP contribution is 2.32. The summed E-state index contributed by atoms with van der Waals surface area (Å²) in [4.78, 5) is 33.4. The van der Waals surface area contributed by atoms with Gasteiger partial charge in [0.05, 0.1) is 19.6 Å². The topological polar surface area (TPSA) is 81.2 Å². The first-order valence-corrected chi connectivity index (χ1v) is 11.3. The highest BCUT2D eigenvalue weighted by molar-refractivity contribution is 5.96. The van der Waals surface area contributed by atoms with Crippen LogP contribution in [0.25, 0.3) is 0 Å². The number of halogens is 1. The zero-order valence-corrected chi connectivity index (χ0v) is 19.4. The third kappa shape index (κ3) is 6.26. The molecule has 35 heavy (non-hydrogen) atoms. The lowest BCUT2D eigenvalue weighted by atomic mass is 10.2. The van der Waals surface area contributed by atoms with Gasteiger partial charge < -0.3 is 24.0 Å². The van der Waals surface area contributed by atoms with Crippen molar-refractivity contribution in [3.63, 3.8) is 0 Å². The van der Waals surface area contributed by atoms with E-state index in [0.717, 1.165) is 0 Å². The largest absolute Gasteiger partial charge is 0.493 e. The molecule has 1 aliphatic heterocycles. The van der Waals surface area contributed by atoms with E-state index in [-0.39, 0.29) is 37.3 Å². The van der Waals surface area contributed by atoms with E-state index in [2.05, 4.69) is 4.98 Å². The Kier molecular flexibility index (Phi) is 7.77. The number of carbonyl (C=O) groups is 2. The van der Waals surface area contributed by atoms with Crippen LogP contribution in [0.3, 0.4) is 0 Å². The lowest BCUT2D eigenvalue weighted by Gasteiger charge is -2.26. The molecule has 0 aliphatic carbocycles. The first kappa shape index (κ1) is 24.0. The molecular weight excluding hydrogens is 453 g/mol. The van der Waals surface area contributed by atoms with E-state index in [1.807, 2.05) is 6.07 Å². The summed E-state index contributed by atoms with van der Waals surface area (Å²) in [6.45, 7) is 1.24. The van der Waals surface area contributed by atoms with Crippen LogP contribution < -0.4 is 14.2 Å². The number of benzene rings is 2. The summed E-state index contributed by atoms with van der Waals surface area (Å²) in [6.07, 6.45) is 1.65. The molecule has 3 aromatic rings. The van der Waals surface area contributed by atoms with Crippen LogP contribution in [-0.2, 0) is 4.79 Å². The number of hydrogen-bond donors (Lipinski definition) is 0. The lowest BCUT2D eigenvalue weighted by molar-refractivity contribution is -0.132. The monoisotopic (exact) mass is 479 g/mol. The Bertz CT molecular complexity index is 1190. The van der Waals surface area contributed by atoms with Crippen molar-refractivity contribution in [1.82, 2.24) is 14.8 Å². The average Bonchev–Trinajstić information content (AvgIpc) is 2.87. The smallest absolute Gasteiger partial charge is 0.259 e. The third-order valence-corrected chi connectivity index (χ3v) is 5.46. The second kappa shape index (κ2) is 11.3.